The van der Waals surface area contributed by atoms with Gasteiger partial charge < -0.3 is 10.2 Å². The molecule has 2 amide bonds. The lowest BCUT2D eigenvalue weighted by Crippen LogP contribution is -2.50. The van der Waals surface area contributed by atoms with Crippen LogP contribution in [0.1, 0.15) is 41.1 Å². The number of nitrogens with zero attached hydrogens (tertiary/aromatic N) is 5. The van der Waals surface area contributed by atoms with Crippen LogP contribution >= 0.6 is 0 Å². The smallest absolute Gasteiger partial charge is 0.274 e. The molecule has 8 heteroatoms. The predicted molar refractivity (Wildman–Crippen MR) is 112 cm³/mol. The minimum Gasteiger partial charge on any atom is -0.325 e. The molecule has 1 aromatic carbocycles. The number of amides is 2. The average Bonchev–Trinajstić information content (AvgIpc) is 3.12. The van der Waals surface area contributed by atoms with E-state index in [4.69, 9.17) is 0 Å². The Labute approximate surface area is 175 Å². The first-order valence-corrected chi connectivity index (χ1v) is 10.0. The van der Waals surface area contributed by atoms with E-state index in [9.17, 15) is 9.59 Å². The van der Waals surface area contributed by atoms with Crippen molar-refractivity contribution in [2.75, 3.05) is 11.9 Å². The van der Waals surface area contributed by atoms with Gasteiger partial charge in [0.25, 0.3) is 5.91 Å². The number of carbonyl (C=O) groups is 2. The summed E-state index contributed by atoms with van der Waals surface area (Å²) in [5.74, 6) is -0.450. The Morgan fingerprint density at radius 1 is 1.10 bits per heavy atom. The number of nitrogens with one attached hydrogen (secondary N) is 1. The molecule has 154 valence electrons. The van der Waals surface area contributed by atoms with Gasteiger partial charge in [0.05, 0.1) is 17.6 Å². The monoisotopic (exact) mass is 404 g/mol. The molecule has 0 spiro atoms. The predicted octanol–water partition coefficient (Wildman–Crippen LogP) is 2.91. The summed E-state index contributed by atoms with van der Waals surface area (Å²) in [6, 6.07) is 9.02. The largest absolute Gasteiger partial charge is 0.325 e. The van der Waals surface area contributed by atoms with Crippen LogP contribution in [-0.4, -0.2) is 49.0 Å². The topological polar surface area (TPSA) is 93.0 Å². The lowest BCUT2D eigenvalue weighted by molar-refractivity contribution is -0.121. The summed E-state index contributed by atoms with van der Waals surface area (Å²) in [5, 5.41) is 7.42. The molecule has 30 heavy (non-hydrogen) atoms. The third-order valence-electron chi connectivity index (χ3n) is 5.24. The van der Waals surface area contributed by atoms with Crippen molar-refractivity contribution in [1.82, 2.24) is 24.6 Å². The number of hydrogen-bond donors (Lipinski definition) is 1. The van der Waals surface area contributed by atoms with Crippen LogP contribution in [0, 0.1) is 13.8 Å². The van der Waals surface area contributed by atoms with Crippen molar-refractivity contribution in [1.29, 1.82) is 0 Å². The van der Waals surface area contributed by atoms with Crippen molar-refractivity contribution >= 4 is 17.5 Å². The molecule has 0 radical (unpaired) electrons. The fourth-order valence-corrected chi connectivity index (χ4v) is 3.81. The first-order chi connectivity index (χ1) is 14.5. The van der Waals surface area contributed by atoms with E-state index in [1.165, 1.54) is 18.6 Å². The second-order valence-electron chi connectivity index (χ2n) is 7.48. The molecule has 4 rings (SSSR count). The van der Waals surface area contributed by atoms with Crippen molar-refractivity contribution in [3.8, 4) is 5.69 Å². The van der Waals surface area contributed by atoms with Gasteiger partial charge in [-0.3, -0.25) is 14.6 Å². The molecule has 1 N–H and O–H groups in total. The van der Waals surface area contributed by atoms with Gasteiger partial charge in [0, 0.05) is 30.3 Å². The number of rotatable bonds is 4. The van der Waals surface area contributed by atoms with E-state index < -0.39 is 6.04 Å². The Balaban J connectivity index is 1.48. The number of anilines is 1. The van der Waals surface area contributed by atoms with Crippen LogP contribution < -0.4 is 5.32 Å². The number of benzene rings is 1. The Morgan fingerprint density at radius 2 is 1.90 bits per heavy atom. The molecule has 1 saturated heterocycles. The first-order valence-electron chi connectivity index (χ1n) is 10.0. The molecule has 1 fully saturated rings. The van der Waals surface area contributed by atoms with Crippen LogP contribution in [0.15, 0.2) is 48.9 Å². The van der Waals surface area contributed by atoms with Crippen LogP contribution in [0.25, 0.3) is 5.69 Å². The Hall–Kier alpha value is -3.55. The average molecular weight is 404 g/mol. The van der Waals surface area contributed by atoms with Gasteiger partial charge in [0.2, 0.25) is 5.91 Å². The van der Waals surface area contributed by atoms with Crippen molar-refractivity contribution in [2.45, 2.75) is 39.2 Å². The number of aromatic nitrogens is 4. The van der Waals surface area contributed by atoms with E-state index in [1.807, 2.05) is 48.9 Å². The van der Waals surface area contributed by atoms with E-state index in [0.29, 0.717) is 18.7 Å². The molecule has 1 aliphatic heterocycles. The van der Waals surface area contributed by atoms with Crippen LogP contribution in [-0.2, 0) is 4.79 Å². The molecule has 0 saturated carbocycles. The Bertz CT molecular complexity index is 1050. The van der Waals surface area contributed by atoms with E-state index in [1.54, 1.807) is 4.90 Å². The maximum absolute atomic E-state index is 13.0. The van der Waals surface area contributed by atoms with Gasteiger partial charge in [-0.15, -0.1) is 0 Å². The van der Waals surface area contributed by atoms with Crippen LogP contribution in [0.2, 0.25) is 0 Å². The summed E-state index contributed by atoms with van der Waals surface area (Å²) in [6.07, 6.45) is 6.83. The van der Waals surface area contributed by atoms with Gasteiger partial charge in [0.15, 0.2) is 0 Å². The highest BCUT2D eigenvalue weighted by atomic mass is 16.2. The molecule has 8 nitrogen and oxygen atoms in total. The Kier molecular flexibility index (Phi) is 5.56. The third kappa shape index (κ3) is 4.07. The van der Waals surface area contributed by atoms with E-state index >= 15 is 0 Å². The van der Waals surface area contributed by atoms with Gasteiger partial charge in [-0.2, -0.15) is 5.10 Å². The summed E-state index contributed by atoms with van der Waals surface area (Å²) in [4.78, 5) is 35.5. The molecular weight excluding hydrogens is 380 g/mol. The van der Waals surface area contributed by atoms with Crippen molar-refractivity contribution < 1.29 is 9.59 Å². The first kappa shape index (κ1) is 19.8. The summed E-state index contributed by atoms with van der Waals surface area (Å²) in [7, 11) is 0. The van der Waals surface area contributed by atoms with E-state index in [-0.39, 0.29) is 17.5 Å². The second kappa shape index (κ2) is 8.44. The van der Waals surface area contributed by atoms with Gasteiger partial charge >= 0.3 is 0 Å². The van der Waals surface area contributed by atoms with Gasteiger partial charge in [-0.1, -0.05) is 0 Å². The highest BCUT2D eigenvalue weighted by Gasteiger charge is 2.33. The molecule has 0 aliphatic carbocycles. The number of hydrogen-bond acceptors (Lipinski definition) is 5. The second-order valence-corrected chi connectivity index (χ2v) is 7.48. The molecule has 1 aliphatic rings. The highest BCUT2D eigenvalue weighted by molar-refractivity contribution is 6.00. The van der Waals surface area contributed by atoms with Crippen molar-refractivity contribution in [3.63, 3.8) is 0 Å². The van der Waals surface area contributed by atoms with Crippen molar-refractivity contribution in [2.24, 2.45) is 0 Å². The molecule has 3 aromatic rings. The van der Waals surface area contributed by atoms with Crippen LogP contribution in [0.3, 0.4) is 0 Å². The number of carbonyl (C=O) groups excluding carboxylic acids is 2. The number of piperidine rings is 1. The standard InChI is InChI=1S/C22H24N6O2/c1-15-13-16(2)28(26-15)18-8-6-17(7-9-18)25-21(29)20-5-3-4-12-27(20)22(30)19-14-23-10-11-24-19/h6-11,13-14,20H,3-5,12H2,1-2H3,(H,25,29). The van der Waals surface area contributed by atoms with Crippen LogP contribution in [0.5, 0.6) is 0 Å². The minimum atomic E-state index is -0.524. The zero-order valence-electron chi connectivity index (χ0n) is 17.1. The number of aryl methyl sites for hydroxylation is 2. The molecule has 1 unspecified atom stereocenters. The SMILES string of the molecule is Cc1cc(C)n(-c2ccc(NC(=O)C3CCCCN3C(=O)c3cnccn3)cc2)n1. The zero-order valence-corrected chi connectivity index (χ0v) is 17.1. The lowest BCUT2D eigenvalue weighted by atomic mass is 10.0. The maximum Gasteiger partial charge on any atom is 0.274 e. The summed E-state index contributed by atoms with van der Waals surface area (Å²) in [6.45, 7) is 4.49. The summed E-state index contributed by atoms with van der Waals surface area (Å²) < 4.78 is 1.86. The number of likely N-dealkylation sites (tertiary alicyclic amines) is 1. The maximum atomic E-state index is 13.0. The summed E-state index contributed by atoms with van der Waals surface area (Å²) >= 11 is 0. The third-order valence-corrected chi connectivity index (χ3v) is 5.24. The lowest BCUT2D eigenvalue weighted by Gasteiger charge is -2.34. The summed E-state index contributed by atoms with van der Waals surface area (Å²) in [5.41, 5.74) is 3.87. The molecular formula is C22H24N6O2. The Morgan fingerprint density at radius 3 is 2.57 bits per heavy atom. The highest BCUT2D eigenvalue weighted by Crippen LogP contribution is 2.22. The van der Waals surface area contributed by atoms with Crippen LogP contribution in [0.4, 0.5) is 5.69 Å². The van der Waals surface area contributed by atoms with Gasteiger partial charge in [-0.05, 0) is 63.4 Å². The fourth-order valence-electron chi connectivity index (χ4n) is 3.81. The molecule has 1 atom stereocenters. The fraction of sp³-hybridized carbons (Fsp3) is 0.318. The molecule has 2 aromatic heterocycles. The molecule has 0 bridgehead atoms. The quantitative estimate of drug-likeness (QED) is 0.722. The minimum absolute atomic E-state index is 0.189. The van der Waals surface area contributed by atoms with Crippen molar-refractivity contribution in [3.05, 3.63) is 66.0 Å². The molecule has 3 heterocycles. The van der Waals surface area contributed by atoms with E-state index in [2.05, 4.69) is 20.4 Å². The normalized spacial score (nSPS) is 16.3. The zero-order chi connectivity index (χ0) is 21.1. The van der Waals surface area contributed by atoms with Gasteiger partial charge in [-0.25, -0.2) is 9.67 Å². The van der Waals surface area contributed by atoms with Gasteiger partial charge in [0.1, 0.15) is 11.7 Å². The van der Waals surface area contributed by atoms with E-state index in [0.717, 1.165) is 29.9 Å².